The average Bonchev–Trinajstić information content (AvgIpc) is 3.10. The van der Waals surface area contributed by atoms with E-state index in [9.17, 15) is 25.0 Å². The van der Waals surface area contributed by atoms with E-state index in [1.54, 1.807) is 0 Å². The first kappa shape index (κ1) is 18.0. The number of fused-ring (bicyclic) bond motifs is 1. The first-order valence-electron chi connectivity index (χ1n) is 8.00. The molecule has 1 aromatic carbocycles. The minimum Gasteiger partial charge on any atom is -0.405 e. The third-order valence-electron chi connectivity index (χ3n) is 3.94. The number of aryl methyl sites for hydroxylation is 1. The van der Waals surface area contributed by atoms with Crippen molar-refractivity contribution in [2.45, 2.75) is 19.3 Å². The van der Waals surface area contributed by atoms with Gasteiger partial charge in [-0.1, -0.05) is 0 Å². The minimum atomic E-state index is -0.610. The van der Waals surface area contributed by atoms with Crippen LogP contribution in [0.3, 0.4) is 0 Å². The summed E-state index contributed by atoms with van der Waals surface area (Å²) in [6.07, 6.45) is 4.60. The van der Waals surface area contributed by atoms with E-state index in [1.807, 2.05) is 0 Å². The molecule has 10 heteroatoms. The summed E-state index contributed by atoms with van der Waals surface area (Å²) in [5, 5.41) is 25.5. The van der Waals surface area contributed by atoms with Crippen LogP contribution in [0, 0.1) is 20.2 Å². The highest BCUT2D eigenvalue weighted by Crippen LogP contribution is 2.28. The summed E-state index contributed by atoms with van der Waals surface area (Å²) < 4.78 is 5.18. The van der Waals surface area contributed by atoms with Crippen LogP contribution >= 0.6 is 0 Å². The molecule has 1 aliphatic carbocycles. The minimum absolute atomic E-state index is 0.0368. The molecule has 1 N–H and O–H groups in total. The molecule has 1 aromatic heterocycles. The molecule has 1 heterocycles. The second kappa shape index (κ2) is 7.60. The molecule has 0 unspecified atom stereocenters. The zero-order valence-corrected chi connectivity index (χ0v) is 14.0. The maximum absolute atomic E-state index is 11.9. The number of carbonyl (C=O) groups excluding carboxylic acids is 1. The zero-order chi connectivity index (χ0) is 19.4. The van der Waals surface area contributed by atoms with Crippen molar-refractivity contribution >= 4 is 29.3 Å². The van der Waals surface area contributed by atoms with Gasteiger partial charge >= 0.3 is 5.88 Å². The fraction of sp³-hybridized carbons (Fsp3) is 0.176. The Balaban J connectivity index is 1.67. The SMILES string of the molecule is O=C(/C=C/c1ccc([N+](=O)[O-])cc1)N/N=C1\CCCc2oc([N+](=O)[O-])cc21. The van der Waals surface area contributed by atoms with Gasteiger partial charge in [0.05, 0.1) is 16.7 Å². The van der Waals surface area contributed by atoms with Crippen LogP contribution in [0.25, 0.3) is 6.08 Å². The van der Waals surface area contributed by atoms with Crippen LogP contribution in [0.15, 0.2) is 45.9 Å². The highest BCUT2D eigenvalue weighted by molar-refractivity contribution is 6.03. The third-order valence-corrected chi connectivity index (χ3v) is 3.94. The molecule has 0 radical (unpaired) electrons. The fourth-order valence-corrected chi connectivity index (χ4v) is 2.64. The van der Waals surface area contributed by atoms with Gasteiger partial charge in [-0.25, -0.2) is 5.43 Å². The predicted octanol–water partition coefficient (Wildman–Crippen LogP) is 2.97. The molecule has 138 valence electrons. The highest BCUT2D eigenvalue weighted by atomic mass is 16.6. The molecule has 1 aliphatic rings. The number of nitro benzene ring substituents is 1. The maximum Gasteiger partial charge on any atom is 0.433 e. The molecule has 1 amide bonds. The van der Waals surface area contributed by atoms with Crippen molar-refractivity contribution in [1.29, 1.82) is 0 Å². The molecular formula is C17H14N4O6. The number of benzene rings is 1. The number of amides is 1. The Morgan fingerprint density at radius 2 is 1.89 bits per heavy atom. The van der Waals surface area contributed by atoms with Crippen LogP contribution in [0.1, 0.15) is 29.7 Å². The summed E-state index contributed by atoms with van der Waals surface area (Å²) in [6.45, 7) is 0. The molecule has 0 aliphatic heterocycles. The third kappa shape index (κ3) is 4.24. The van der Waals surface area contributed by atoms with Gasteiger partial charge in [0.25, 0.3) is 11.6 Å². The van der Waals surface area contributed by atoms with E-state index < -0.39 is 15.8 Å². The van der Waals surface area contributed by atoms with Crippen LogP contribution in [-0.4, -0.2) is 21.5 Å². The Morgan fingerprint density at radius 1 is 1.15 bits per heavy atom. The standard InChI is InChI=1S/C17H14N4O6/c22-16(9-6-11-4-7-12(8-5-11)20(23)24)19-18-14-2-1-3-15-13(14)10-17(27-15)21(25)26/h4-10H,1-3H2,(H,19,22)/b9-6+,18-14+. The lowest BCUT2D eigenvalue weighted by Gasteiger charge is -2.11. The van der Waals surface area contributed by atoms with Gasteiger partial charge in [-0.05, 0) is 36.6 Å². The van der Waals surface area contributed by atoms with E-state index in [4.69, 9.17) is 4.42 Å². The summed E-state index contributed by atoms with van der Waals surface area (Å²) in [5.74, 6) is -0.354. The molecular weight excluding hydrogens is 356 g/mol. The van der Waals surface area contributed by atoms with E-state index in [1.165, 1.54) is 42.5 Å². The number of nitrogens with zero attached hydrogens (tertiary/aromatic N) is 3. The molecule has 0 spiro atoms. The molecule has 0 bridgehead atoms. The molecule has 0 fully saturated rings. The fourth-order valence-electron chi connectivity index (χ4n) is 2.64. The van der Waals surface area contributed by atoms with E-state index in [0.717, 1.165) is 0 Å². The van der Waals surface area contributed by atoms with Crippen LogP contribution in [-0.2, 0) is 11.2 Å². The summed E-state index contributed by atoms with van der Waals surface area (Å²) in [4.78, 5) is 32.2. The second-order valence-electron chi connectivity index (χ2n) is 5.75. The van der Waals surface area contributed by atoms with Crippen molar-refractivity contribution in [3.8, 4) is 0 Å². The number of rotatable bonds is 5. The Morgan fingerprint density at radius 3 is 2.56 bits per heavy atom. The topological polar surface area (TPSA) is 141 Å². The lowest BCUT2D eigenvalue weighted by Crippen LogP contribution is -2.19. The summed E-state index contributed by atoms with van der Waals surface area (Å²) in [7, 11) is 0. The summed E-state index contributed by atoms with van der Waals surface area (Å²) in [5.41, 5.74) is 4.01. The normalized spacial score (nSPS) is 14.9. The average molecular weight is 370 g/mol. The number of hydrazone groups is 1. The number of carbonyl (C=O) groups is 1. The number of hydrogen-bond donors (Lipinski definition) is 1. The quantitative estimate of drug-likeness (QED) is 0.487. The smallest absolute Gasteiger partial charge is 0.405 e. The largest absolute Gasteiger partial charge is 0.433 e. The van der Waals surface area contributed by atoms with Gasteiger partial charge in [-0.2, -0.15) is 5.10 Å². The van der Waals surface area contributed by atoms with Gasteiger partial charge < -0.3 is 4.42 Å². The number of nitro groups is 2. The predicted molar refractivity (Wildman–Crippen MR) is 95.1 cm³/mol. The van der Waals surface area contributed by atoms with Gasteiger partial charge in [-0.3, -0.25) is 25.0 Å². The van der Waals surface area contributed by atoms with Gasteiger partial charge in [0.15, 0.2) is 0 Å². The molecule has 10 nitrogen and oxygen atoms in total. The molecule has 27 heavy (non-hydrogen) atoms. The van der Waals surface area contributed by atoms with E-state index in [0.29, 0.717) is 41.9 Å². The first-order chi connectivity index (χ1) is 12.9. The van der Waals surface area contributed by atoms with Crippen molar-refractivity contribution in [3.63, 3.8) is 0 Å². The number of non-ortho nitro benzene ring substituents is 1. The Bertz CT molecular complexity index is 958. The second-order valence-corrected chi connectivity index (χ2v) is 5.75. The highest BCUT2D eigenvalue weighted by Gasteiger charge is 2.25. The number of hydrogen-bond acceptors (Lipinski definition) is 7. The van der Waals surface area contributed by atoms with Gasteiger partial charge in [0.2, 0.25) is 0 Å². The molecule has 2 aromatic rings. The van der Waals surface area contributed by atoms with Gasteiger partial charge in [0, 0.05) is 30.2 Å². The molecule has 0 saturated heterocycles. The van der Waals surface area contributed by atoms with E-state index >= 15 is 0 Å². The van der Waals surface area contributed by atoms with Gasteiger partial charge in [0.1, 0.15) is 10.7 Å². The zero-order valence-electron chi connectivity index (χ0n) is 14.0. The molecule has 0 saturated carbocycles. The van der Waals surface area contributed by atoms with Crippen molar-refractivity contribution in [1.82, 2.24) is 5.43 Å². The Kier molecular flexibility index (Phi) is 5.06. The van der Waals surface area contributed by atoms with Crippen LogP contribution in [0.5, 0.6) is 0 Å². The van der Waals surface area contributed by atoms with Crippen molar-refractivity contribution in [2.24, 2.45) is 5.10 Å². The number of nitrogens with one attached hydrogen (secondary N) is 1. The van der Waals surface area contributed by atoms with Crippen molar-refractivity contribution < 1.29 is 19.1 Å². The van der Waals surface area contributed by atoms with Crippen LogP contribution in [0.4, 0.5) is 11.6 Å². The Hall–Kier alpha value is -3.82. The van der Waals surface area contributed by atoms with Crippen LogP contribution < -0.4 is 5.43 Å². The van der Waals surface area contributed by atoms with Crippen molar-refractivity contribution in [3.05, 3.63) is 73.5 Å². The molecule has 0 atom stereocenters. The van der Waals surface area contributed by atoms with Crippen LogP contribution in [0.2, 0.25) is 0 Å². The maximum atomic E-state index is 11.9. The summed E-state index contributed by atoms with van der Waals surface area (Å²) in [6, 6.07) is 7.03. The Labute approximate surface area is 152 Å². The lowest BCUT2D eigenvalue weighted by molar-refractivity contribution is -0.402. The number of furan rings is 1. The first-order valence-corrected chi connectivity index (χ1v) is 8.00. The van der Waals surface area contributed by atoms with Gasteiger partial charge in [-0.15, -0.1) is 0 Å². The lowest BCUT2D eigenvalue weighted by atomic mass is 9.97. The summed E-state index contributed by atoms with van der Waals surface area (Å²) >= 11 is 0. The molecule has 3 rings (SSSR count). The van der Waals surface area contributed by atoms with E-state index in [2.05, 4.69) is 10.5 Å². The van der Waals surface area contributed by atoms with E-state index in [-0.39, 0.29) is 11.6 Å². The monoisotopic (exact) mass is 370 g/mol. The van der Waals surface area contributed by atoms with Crippen molar-refractivity contribution in [2.75, 3.05) is 0 Å².